The summed E-state index contributed by atoms with van der Waals surface area (Å²) in [5.74, 6) is 3.14. The molecule has 2 amide bonds. The molecule has 1 aliphatic carbocycles. The van der Waals surface area contributed by atoms with Gasteiger partial charge in [0.25, 0.3) is 0 Å². The van der Waals surface area contributed by atoms with Gasteiger partial charge in [0, 0.05) is 48.9 Å². The lowest BCUT2D eigenvalue weighted by Gasteiger charge is -2.35. The van der Waals surface area contributed by atoms with Gasteiger partial charge < -0.3 is 24.4 Å². The van der Waals surface area contributed by atoms with E-state index in [1.54, 1.807) is 36.4 Å². The van der Waals surface area contributed by atoms with Crippen molar-refractivity contribution >= 4 is 29.1 Å². The average molecular weight is 455 g/mol. The fraction of sp³-hybridized carbons (Fsp3) is 0.364. The smallest absolute Gasteiger partial charge is 0.322 e. The minimum Gasteiger partial charge on any atom is -0.495 e. The van der Waals surface area contributed by atoms with Gasteiger partial charge in [-0.05, 0) is 43.2 Å². The second-order valence-electron chi connectivity index (χ2n) is 7.88. The number of ether oxygens (including phenoxy) is 1. The molecule has 2 aliphatic rings. The number of urea groups is 1. The fourth-order valence-corrected chi connectivity index (χ4v) is 3.84. The zero-order valence-electron chi connectivity index (χ0n) is 17.6. The molecule has 0 unspecified atom stereocenters. The molecule has 9 nitrogen and oxygen atoms in total. The Hall–Kier alpha value is -3.33. The van der Waals surface area contributed by atoms with Crippen LogP contribution in [0.2, 0.25) is 5.02 Å². The summed E-state index contributed by atoms with van der Waals surface area (Å²) in [6.07, 6.45) is 4.01. The lowest BCUT2D eigenvalue weighted by molar-refractivity contribution is 0.208. The van der Waals surface area contributed by atoms with Gasteiger partial charge in [0.15, 0.2) is 0 Å². The Labute approximate surface area is 190 Å². The van der Waals surface area contributed by atoms with E-state index in [0.29, 0.717) is 60.3 Å². The summed E-state index contributed by atoms with van der Waals surface area (Å²) in [5.41, 5.74) is 1.38. The highest BCUT2D eigenvalue weighted by molar-refractivity contribution is 6.31. The highest BCUT2D eigenvalue weighted by Gasteiger charge is 2.30. The standard InChI is InChI=1S/C22H23ClN6O3/c1-31-18-6-5-16(23)12-17(18)25-22(30)29-10-8-28(9-11-29)19-7-4-15(13-24-19)20-26-21(32-27-20)14-2-3-14/h4-7,12-14H,2-3,8-11H2,1H3,(H,25,30). The van der Waals surface area contributed by atoms with E-state index in [9.17, 15) is 4.79 Å². The van der Waals surface area contributed by atoms with E-state index in [0.717, 1.165) is 24.2 Å². The van der Waals surface area contributed by atoms with Crippen LogP contribution in [0.4, 0.5) is 16.3 Å². The van der Waals surface area contributed by atoms with Crippen LogP contribution in [0.25, 0.3) is 11.4 Å². The summed E-state index contributed by atoms with van der Waals surface area (Å²) in [6, 6.07) is 8.85. The van der Waals surface area contributed by atoms with E-state index in [-0.39, 0.29) is 6.03 Å². The Kier molecular flexibility index (Phi) is 5.57. The van der Waals surface area contributed by atoms with Gasteiger partial charge in [0.05, 0.1) is 12.8 Å². The molecule has 2 aromatic heterocycles. The molecule has 2 fully saturated rings. The summed E-state index contributed by atoms with van der Waals surface area (Å²) in [7, 11) is 1.56. The molecule has 0 bridgehead atoms. The third-order valence-electron chi connectivity index (χ3n) is 5.67. The van der Waals surface area contributed by atoms with E-state index >= 15 is 0 Å². The number of benzene rings is 1. The van der Waals surface area contributed by atoms with E-state index < -0.39 is 0 Å². The van der Waals surface area contributed by atoms with Crippen LogP contribution in [0, 0.1) is 0 Å². The van der Waals surface area contributed by atoms with Crippen LogP contribution in [0.15, 0.2) is 41.1 Å². The third-order valence-corrected chi connectivity index (χ3v) is 5.90. The SMILES string of the molecule is COc1ccc(Cl)cc1NC(=O)N1CCN(c2ccc(-c3noc(C4CC4)n3)cn2)CC1. The van der Waals surface area contributed by atoms with Crippen molar-refractivity contribution in [3.63, 3.8) is 0 Å². The van der Waals surface area contributed by atoms with Gasteiger partial charge >= 0.3 is 6.03 Å². The highest BCUT2D eigenvalue weighted by Crippen LogP contribution is 2.39. The number of carbonyl (C=O) groups excluding carboxylic acids is 1. The molecule has 1 aromatic carbocycles. The van der Waals surface area contributed by atoms with Crippen molar-refractivity contribution in [1.29, 1.82) is 0 Å². The molecule has 3 aromatic rings. The molecule has 1 N–H and O–H groups in total. The first-order valence-corrected chi connectivity index (χ1v) is 10.9. The van der Waals surface area contributed by atoms with E-state index in [2.05, 4.69) is 25.3 Å². The number of aromatic nitrogens is 3. The molecule has 5 rings (SSSR count). The largest absolute Gasteiger partial charge is 0.495 e. The second kappa shape index (κ2) is 8.66. The number of rotatable bonds is 5. The van der Waals surface area contributed by atoms with E-state index in [1.807, 2.05) is 12.1 Å². The lowest BCUT2D eigenvalue weighted by Crippen LogP contribution is -2.50. The second-order valence-corrected chi connectivity index (χ2v) is 8.32. The predicted octanol–water partition coefficient (Wildman–Crippen LogP) is 4.03. The van der Waals surface area contributed by atoms with Crippen molar-refractivity contribution < 1.29 is 14.1 Å². The average Bonchev–Trinajstić information content (AvgIpc) is 3.56. The quantitative estimate of drug-likeness (QED) is 0.621. The van der Waals surface area contributed by atoms with Gasteiger partial charge in [-0.1, -0.05) is 16.8 Å². The molecular formula is C22H23ClN6O3. The first-order chi connectivity index (χ1) is 15.6. The minimum absolute atomic E-state index is 0.183. The van der Waals surface area contributed by atoms with Crippen LogP contribution < -0.4 is 15.0 Å². The third kappa shape index (κ3) is 4.34. The maximum Gasteiger partial charge on any atom is 0.322 e. The van der Waals surface area contributed by atoms with Gasteiger partial charge in [-0.3, -0.25) is 0 Å². The van der Waals surface area contributed by atoms with Gasteiger partial charge in [0.2, 0.25) is 11.7 Å². The number of pyridine rings is 1. The van der Waals surface area contributed by atoms with Gasteiger partial charge in [-0.25, -0.2) is 9.78 Å². The number of halogens is 1. The number of amides is 2. The molecule has 10 heteroatoms. The van der Waals surface area contributed by atoms with Gasteiger partial charge in [-0.15, -0.1) is 0 Å². The Morgan fingerprint density at radius 1 is 1.19 bits per heavy atom. The van der Waals surface area contributed by atoms with Crippen LogP contribution in [0.3, 0.4) is 0 Å². The zero-order chi connectivity index (χ0) is 22.1. The zero-order valence-corrected chi connectivity index (χ0v) is 18.4. The number of nitrogens with one attached hydrogen (secondary N) is 1. The monoisotopic (exact) mass is 454 g/mol. The summed E-state index contributed by atoms with van der Waals surface area (Å²) >= 11 is 6.05. The van der Waals surface area contributed by atoms with Crippen molar-refractivity contribution in [3.05, 3.63) is 47.4 Å². The molecule has 0 spiro atoms. The lowest BCUT2D eigenvalue weighted by atomic mass is 10.2. The maximum absolute atomic E-state index is 12.7. The molecular weight excluding hydrogens is 432 g/mol. The number of nitrogens with zero attached hydrogens (tertiary/aromatic N) is 5. The molecule has 166 valence electrons. The van der Waals surface area contributed by atoms with Crippen molar-refractivity contribution in [1.82, 2.24) is 20.0 Å². The Morgan fingerprint density at radius 2 is 2.00 bits per heavy atom. The van der Waals surface area contributed by atoms with Crippen molar-refractivity contribution in [2.45, 2.75) is 18.8 Å². The predicted molar refractivity (Wildman–Crippen MR) is 120 cm³/mol. The van der Waals surface area contributed by atoms with E-state index in [1.165, 1.54) is 0 Å². The summed E-state index contributed by atoms with van der Waals surface area (Å²) in [4.78, 5) is 25.7. The summed E-state index contributed by atoms with van der Waals surface area (Å²) in [5, 5.41) is 7.48. The normalized spacial score (nSPS) is 16.2. The number of carbonyl (C=O) groups is 1. The van der Waals surface area contributed by atoms with Gasteiger partial charge in [-0.2, -0.15) is 4.98 Å². The van der Waals surface area contributed by atoms with Crippen LogP contribution >= 0.6 is 11.6 Å². The number of hydrogen-bond donors (Lipinski definition) is 1. The van der Waals surface area contributed by atoms with Crippen molar-refractivity contribution in [2.24, 2.45) is 0 Å². The molecule has 0 radical (unpaired) electrons. The minimum atomic E-state index is -0.183. The topological polar surface area (TPSA) is 96.6 Å². The number of anilines is 2. The molecule has 1 saturated carbocycles. The Morgan fingerprint density at radius 3 is 2.69 bits per heavy atom. The molecule has 32 heavy (non-hydrogen) atoms. The van der Waals surface area contributed by atoms with Crippen LogP contribution in [0.1, 0.15) is 24.7 Å². The first-order valence-electron chi connectivity index (χ1n) is 10.5. The Balaban J connectivity index is 1.18. The van der Waals surface area contributed by atoms with Crippen LogP contribution in [-0.2, 0) is 0 Å². The van der Waals surface area contributed by atoms with Crippen molar-refractivity contribution in [2.75, 3.05) is 43.5 Å². The summed E-state index contributed by atoms with van der Waals surface area (Å²) in [6.45, 7) is 2.52. The molecule has 1 aliphatic heterocycles. The summed E-state index contributed by atoms with van der Waals surface area (Å²) < 4.78 is 10.6. The van der Waals surface area contributed by atoms with Crippen LogP contribution in [0.5, 0.6) is 5.75 Å². The van der Waals surface area contributed by atoms with Crippen LogP contribution in [-0.4, -0.2) is 59.3 Å². The highest BCUT2D eigenvalue weighted by atomic mass is 35.5. The fourth-order valence-electron chi connectivity index (χ4n) is 3.66. The Bertz CT molecular complexity index is 1110. The molecule has 3 heterocycles. The van der Waals surface area contributed by atoms with Gasteiger partial charge in [0.1, 0.15) is 11.6 Å². The number of hydrogen-bond acceptors (Lipinski definition) is 7. The molecule has 1 saturated heterocycles. The molecule has 0 atom stereocenters. The van der Waals surface area contributed by atoms with Crippen molar-refractivity contribution in [3.8, 4) is 17.1 Å². The number of piperazine rings is 1. The maximum atomic E-state index is 12.7. The van der Waals surface area contributed by atoms with E-state index in [4.69, 9.17) is 20.9 Å². The first kappa shape index (κ1) is 20.6. The number of methoxy groups -OCH3 is 1.